The molecular formula is C16H17N3O. The van der Waals surface area contributed by atoms with Gasteiger partial charge in [0.05, 0.1) is 7.11 Å². The van der Waals surface area contributed by atoms with Crippen LogP contribution >= 0.6 is 0 Å². The highest BCUT2D eigenvalue weighted by molar-refractivity contribution is 5.89. The van der Waals surface area contributed by atoms with Crippen molar-refractivity contribution in [3.8, 4) is 11.6 Å². The first-order valence-corrected chi connectivity index (χ1v) is 6.79. The minimum Gasteiger partial charge on any atom is -0.497 e. The third-order valence-corrected chi connectivity index (χ3v) is 3.37. The zero-order valence-electron chi connectivity index (χ0n) is 11.7. The van der Waals surface area contributed by atoms with Crippen molar-refractivity contribution in [3.63, 3.8) is 0 Å². The number of benzene rings is 1. The normalized spacial score (nSPS) is 10.9. The van der Waals surface area contributed by atoms with Crippen LogP contribution in [-0.4, -0.2) is 21.6 Å². The van der Waals surface area contributed by atoms with Gasteiger partial charge in [-0.05, 0) is 30.0 Å². The highest BCUT2D eigenvalue weighted by atomic mass is 16.5. The molecule has 0 radical (unpaired) electrons. The summed E-state index contributed by atoms with van der Waals surface area (Å²) in [6.07, 6.45) is 7.62. The molecule has 3 aromatic rings. The van der Waals surface area contributed by atoms with Crippen LogP contribution in [0.1, 0.15) is 19.2 Å². The monoisotopic (exact) mass is 267 g/mol. The van der Waals surface area contributed by atoms with Crippen LogP contribution in [0.4, 0.5) is 0 Å². The van der Waals surface area contributed by atoms with Crippen LogP contribution in [0.2, 0.25) is 0 Å². The molecule has 0 unspecified atom stereocenters. The average Bonchev–Trinajstić information content (AvgIpc) is 2.94. The third kappa shape index (κ3) is 2.13. The molecule has 4 heteroatoms. The molecule has 1 aromatic carbocycles. The van der Waals surface area contributed by atoms with Crippen LogP contribution in [0, 0.1) is 0 Å². The maximum absolute atomic E-state index is 5.32. The van der Waals surface area contributed by atoms with Crippen molar-refractivity contribution in [1.82, 2.24) is 14.5 Å². The van der Waals surface area contributed by atoms with Gasteiger partial charge in [0.2, 0.25) is 0 Å². The van der Waals surface area contributed by atoms with Gasteiger partial charge in [0.15, 0.2) is 0 Å². The molecular weight excluding hydrogens is 250 g/mol. The zero-order valence-corrected chi connectivity index (χ0v) is 11.7. The maximum atomic E-state index is 5.32. The smallest absolute Gasteiger partial charge is 0.146 e. The van der Waals surface area contributed by atoms with E-state index < -0.39 is 0 Å². The van der Waals surface area contributed by atoms with Crippen LogP contribution in [0.15, 0.2) is 42.9 Å². The molecule has 102 valence electrons. The zero-order chi connectivity index (χ0) is 13.9. The number of fused-ring (bicyclic) bond motifs is 1. The molecule has 2 aromatic heterocycles. The van der Waals surface area contributed by atoms with Gasteiger partial charge in [0, 0.05) is 30.4 Å². The standard InChI is InChI=1S/C16H17N3O/c1-3-4-15-17-9-10-19(15)16-14-11-13(20-2)6-5-12(14)7-8-18-16/h5-11H,3-4H2,1-2H3. The summed E-state index contributed by atoms with van der Waals surface area (Å²) in [5.41, 5.74) is 0. The predicted octanol–water partition coefficient (Wildman–Crippen LogP) is 3.38. The summed E-state index contributed by atoms with van der Waals surface area (Å²) >= 11 is 0. The Morgan fingerprint density at radius 2 is 2.05 bits per heavy atom. The molecule has 0 saturated carbocycles. The van der Waals surface area contributed by atoms with Gasteiger partial charge in [0.25, 0.3) is 0 Å². The van der Waals surface area contributed by atoms with Gasteiger partial charge < -0.3 is 4.74 Å². The lowest BCUT2D eigenvalue weighted by Crippen LogP contribution is -2.03. The van der Waals surface area contributed by atoms with Crippen LogP contribution < -0.4 is 4.74 Å². The first-order valence-electron chi connectivity index (χ1n) is 6.79. The number of aryl methyl sites for hydroxylation is 1. The quantitative estimate of drug-likeness (QED) is 0.727. The number of hydrogen-bond acceptors (Lipinski definition) is 3. The van der Waals surface area contributed by atoms with Crippen LogP contribution in [-0.2, 0) is 6.42 Å². The Bertz CT molecular complexity index is 733. The lowest BCUT2D eigenvalue weighted by atomic mass is 10.1. The fraction of sp³-hybridized carbons (Fsp3) is 0.250. The summed E-state index contributed by atoms with van der Waals surface area (Å²) in [6, 6.07) is 8.05. The first kappa shape index (κ1) is 12.7. The molecule has 20 heavy (non-hydrogen) atoms. The van der Waals surface area contributed by atoms with Crippen molar-refractivity contribution < 1.29 is 4.74 Å². The first-order chi connectivity index (χ1) is 9.83. The Kier molecular flexibility index (Phi) is 3.37. The lowest BCUT2D eigenvalue weighted by molar-refractivity contribution is 0.415. The van der Waals surface area contributed by atoms with Gasteiger partial charge in [-0.3, -0.25) is 4.57 Å². The third-order valence-electron chi connectivity index (χ3n) is 3.37. The second-order valence-corrected chi connectivity index (χ2v) is 4.69. The van der Waals surface area contributed by atoms with Gasteiger partial charge in [-0.1, -0.05) is 13.0 Å². The van der Waals surface area contributed by atoms with Crippen molar-refractivity contribution in [1.29, 1.82) is 0 Å². The van der Waals surface area contributed by atoms with Crippen LogP contribution in [0.25, 0.3) is 16.6 Å². The van der Waals surface area contributed by atoms with Crippen LogP contribution in [0.3, 0.4) is 0 Å². The van der Waals surface area contributed by atoms with Crippen molar-refractivity contribution in [2.75, 3.05) is 7.11 Å². The number of rotatable bonds is 4. The van der Waals surface area contributed by atoms with E-state index in [-0.39, 0.29) is 0 Å². The number of nitrogens with zero attached hydrogens (tertiary/aromatic N) is 3. The van der Waals surface area contributed by atoms with Crippen LogP contribution in [0.5, 0.6) is 5.75 Å². The van der Waals surface area contributed by atoms with Gasteiger partial charge in [0.1, 0.15) is 17.4 Å². The second kappa shape index (κ2) is 5.33. The van der Waals surface area contributed by atoms with Gasteiger partial charge in [-0.25, -0.2) is 9.97 Å². The van der Waals surface area contributed by atoms with Crippen molar-refractivity contribution >= 4 is 10.8 Å². The van der Waals surface area contributed by atoms with Gasteiger partial charge in [-0.2, -0.15) is 0 Å². The van der Waals surface area contributed by atoms with E-state index >= 15 is 0 Å². The maximum Gasteiger partial charge on any atom is 0.146 e. The predicted molar refractivity (Wildman–Crippen MR) is 79.4 cm³/mol. The van der Waals surface area contributed by atoms with E-state index in [1.165, 1.54) is 0 Å². The molecule has 0 spiro atoms. The van der Waals surface area contributed by atoms with E-state index in [2.05, 4.69) is 27.5 Å². The molecule has 2 heterocycles. The summed E-state index contributed by atoms with van der Waals surface area (Å²) in [4.78, 5) is 8.96. The lowest BCUT2D eigenvalue weighted by Gasteiger charge is -2.10. The molecule has 0 atom stereocenters. The summed E-state index contributed by atoms with van der Waals surface area (Å²) in [7, 11) is 1.68. The molecule has 0 aliphatic carbocycles. The average molecular weight is 267 g/mol. The Balaban J connectivity index is 2.22. The summed E-state index contributed by atoms with van der Waals surface area (Å²) in [6.45, 7) is 2.15. The Morgan fingerprint density at radius 3 is 2.85 bits per heavy atom. The molecule has 0 aliphatic heterocycles. The van der Waals surface area contributed by atoms with E-state index in [0.717, 1.165) is 41.0 Å². The van der Waals surface area contributed by atoms with Gasteiger partial charge >= 0.3 is 0 Å². The minimum atomic E-state index is 0.837. The largest absolute Gasteiger partial charge is 0.497 e. The molecule has 0 bridgehead atoms. The van der Waals surface area contributed by atoms with E-state index in [1.807, 2.05) is 36.8 Å². The number of imidazole rings is 1. The Labute approximate surface area is 118 Å². The SMILES string of the molecule is CCCc1nccn1-c1nccc2ccc(OC)cc12. The fourth-order valence-electron chi connectivity index (χ4n) is 2.39. The molecule has 0 fully saturated rings. The van der Waals surface area contributed by atoms with Crippen molar-refractivity contribution in [2.45, 2.75) is 19.8 Å². The van der Waals surface area contributed by atoms with Crippen molar-refractivity contribution in [2.24, 2.45) is 0 Å². The molecule has 4 nitrogen and oxygen atoms in total. The summed E-state index contributed by atoms with van der Waals surface area (Å²) < 4.78 is 7.38. The molecule has 0 aliphatic rings. The number of ether oxygens (including phenoxy) is 1. The topological polar surface area (TPSA) is 39.9 Å². The van der Waals surface area contributed by atoms with E-state index in [4.69, 9.17) is 4.74 Å². The van der Waals surface area contributed by atoms with Crippen molar-refractivity contribution in [3.05, 3.63) is 48.7 Å². The second-order valence-electron chi connectivity index (χ2n) is 4.69. The summed E-state index contributed by atoms with van der Waals surface area (Å²) in [5.74, 6) is 2.78. The number of pyridine rings is 1. The highest BCUT2D eigenvalue weighted by Crippen LogP contribution is 2.25. The molecule has 0 amide bonds. The minimum absolute atomic E-state index is 0.837. The van der Waals surface area contributed by atoms with E-state index in [9.17, 15) is 0 Å². The van der Waals surface area contributed by atoms with Gasteiger partial charge in [-0.15, -0.1) is 0 Å². The number of methoxy groups -OCH3 is 1. The fourth-order valence-corrected chi connectivity index (χ4v) is 2.39. The van der Waals surface area contributed by atoms with E-state index in [1.54, 1.807) is 7.11 Å². The molecule has 0 saturated heterocycles. The highest BCUT2D eigenvalue weighted by Gasteiger charge is 2.09. The molecule has 3 rings (SSSR count). The summed E-state index contributed by atoms with van der Waals surface area (Å²) in [5, 5.41) is 2.22. The molecule has 0 N–H and O–H groups in total. The Morgan fingerprint density at radius 1 is 1.15 bits per heavy atom. The van der Waals surface area contributed by atoms with E-state index in [0.29, 0.717) is 0 Å². The number of hydrogen-bond donors (Lipinski definition) is 0. The Hall–Kier alpha value is -2.36. The number of aromatic nitrogens is 3.